The van der Waals surface area contributed by atoms with E-state index in [-0.39, 0.29) is 5.82 Å². The standard InChI is InChI=1S/C14H16FNOS/c15-12-3-4-14(11(10-12)5-7-16)17-8-6-13-2-1-9-18-13/h1-4,9-10H,5-8,16H2. The van der Waals surface area contributed by atoms with Gasteiger partial charge in [0.25, 0.3) is 0 Å². The number of nitrogens with two attached hydrogens (primary N) is 1. The van der Waals surface area contributed by atoms with Crippen molar-refractivity contribution >= 4 is 11.3 Å². The van der Waals surface area contributed by atoms with Crippen LogP contribution in [0.15, 0.2) is 35.7 Å². The summed E-state index contributed by atoms with van der Waals surface area (Å²) in [5, 5.41) is 2.05. The monoisotopic (exact) mass is 265 g/mol. The average Bonchev–Trinajstić information content (AvgIpc) is 2.85. The molecule has 0 aliphatic carbocycles. The van der Waals surface area contributed by atoms with Gasteiger partial charge in [0.2, 0.25) is 0 Å². The lowest BCUT2D eigenvalue weighted by molar-refractivity contribution is 0.319. The fourth-order valence-corrected chi connectivity index (χ4v) is 2.45. The molecule has 0 aliphatic rings. The van der Waals surface area contributed by atoms with E-state index in [1.165, 1.54) is 17.0 Å². The van der Waals surface area contributed by atoms with Crippen molar-refractivity contribution in [2.24, 2.45) is 5.73 Å². The van der Waals surface area contributed by atoms with Gasteiger partial charge in [-0.1, -0.05) is 6.07 Å². The maximum Gasteiger partial charge on any atom is 0.123 e. The van der Waals surface area contributed by atoms with E-state index in [4.69, 9.17) is 10.5 Å². The molecule has 0 aliphatic heterocycles. The number of benzene rings is 1. The van der Waals surface area contributed by atoms with Crippen molar-refractivity contribution in [3.8, 4) is 5.75 Å². The maximum atomic E-state index is 13.1. The Morgan fingerprint density at radius 1 is 1.22 bits per heavy atom. The van der Waals surface area contributed by atoms with E-state index in [1.807, 2.05) is 11.4 Å². The number of thiophene rings is 1. The number of ether oxygens (including phenoxy) is 1. The largest absolute Gasteiger partial charge is 0.493 e. The number of hydrogen-bond acceptors (Lipinski definition) is 3. The first-order chi connectivity index (χ1) is 8.79. The highest BCUT2D eigenvalue weighted by Crippen LogP contribution is 2.20. The minimum absolute atomic E-state index is 0.246. The van der Waals surface area contributed by atoms with Gasteiger partial charge in [0.05, 0.1) is 6.61 Å². The topological polar surface area (TPSA) is 35.2 Å². The Morgan fingerprint density at radius 2 is 2.11 bits per heavy atom. The zero-order valence-electron chi connectivity index (χ0n) is 10.1. The van der Waals surface area contributed by atoms with Gasteiger partial charge in [-0.25, -0.2) is 4.39 Å². The molecule has 0 amide bonds. The molecular formula is C14H16FNOS. The second kappa shape index (κ2) is 6.52. The third-order valence-electron chi connectivity index (χ3n) is 2.62. The molecule has 0 fully saturated rings. The molecule has 0 unspecified atom stereocenters. The van der Waals surface area contributed by atoms with Crippen LogP contribution in [0, 0.1) is 5.82 Å². The summed E-state index contributed by atoms with van der Waals surface area (Å²) < 4.78 is 18.8. The highest BCUT2D eigenvalue weighted by Gasteiger charge is 2.05. The summed E-state index contributed by atoms with van der Waals surface area (Å²) in [5.41, 5.74) is 6.35. The van der Waals surface area contributed by atoms with Gasteiger partial charge in [0.1, 0.15) is 11.6 Å². The first kappa shape index (κ1) is 13.1. The van der Waals surface area contributed by atoms with Gasteiger partial charge in [-0.3, -0.25) is 0 Å². The molecule has 0 bridgehead atoms. The smallest absolute Gasteiger partial charge is 0.123 e. The molecular weight excluding hydrogens is 249 g/mol. The summed E-state index contributed by atoms with van der Waals surface area (Å²) in [7, 11) is 0. The van der Waals surface area contributed by atoms with Crippen molar-refractivity contribution in [3.63, 3.8) is 0 Å². The van der Waals surface area contributed by atoms with Crippen LogP contribution in [0.4, 0.5) is 4.39 Å². The summed E-state index contributed by atoms with van der Waals surface area (Å²) >= 11 is 1.71. The van der Waals surface area contributed by atoms with Crippen LogP contribution in [0.1, 0.15) is 10.4 Å². The molecule has 2 nitrogen and oxygen atoms in total. The van der Waals surface area contributed by atoms with Crippen LogP contribution in [-0.4, -0.2) is 13.2 Å². The molecule has 0 saturated carbocycles. The Labute approximate surface area is 110 Å². The van der Waals surface area contributed by atoms with Gasteiger partial charge < -0.3 is 10.5 Å². The SMILES string of the molecule is NCCc1cc(F)ccc1OCCc1cccs1. The molecule has 0 radical (unpaired) electrons. The molecule has 2 aromatic rings. The number of rotatable bonds is 6. The lowest BCUT2D eigenvalue weighted by atomic mass is 10.1. The van der Waals surface area contributed by atoms with Gasteiger partial charge >= 0.3 is 0 Å². The van der Waals surface area contributed by atoms with Crippen LogP contribution in [0.25, 0.3) is 0 Å². The van der Waals surface area contributed by atoms with E-state index in [0.717, 1.165) is 17.7 Å². The molecule has 0 atom stereocenters. The zero-order chi connectivity index (χ0) is 12.8. The van der Waals surface area contributed by atoms with Crippen molar-refractivity contribution < 1.29 is 9.13 Å². The van der Waals surface area contributed by atoms with Crippen LogP contribution in [0.2, 0.25) is 0 Å². The summed E-state index contributed by atoms with van der Waals surface area (Å²) in [6.07, 6.45) is 1.50. The summed E-state index contributed by atoms with van der Waals surface area (Å²) in [6, 6.07) is 8.69. The molecule has 1 aromatic heterocycles. The normalized spacial score (nSPS) is 10.6. The van der Waals surface area contributed by atoms with E-state index < -0.39 is 0 Å². The second-order valence-corrected chi connectivity index (χ2v) is 5.00. The third-order valence-corrected chi connectivity index (χ3v) is 3.56. The van der Waals surface area contributed by atoms with Crippen LogP contribution < -0.4 is 10.5 Å². The van der Waals surface area contributed by atoms with E-state index in [1.54, 1.807) is 17.4 Å². The quantitative estimate of drug-likeness (QED) is 0.871. The molecule has 96 valence electrons. The van der Waals surface area contributed by atoms with Crippen molar-refractivity contribution in [1.29, 1.82) is 0 Å². The summed E-state index contributed by atoms with van der Waals surface area (Å²) in [4.78, 5) is 1.29. The van der Waals surface area contributed by atoms with Crippen LogP contribution >= 0.6 is 11.3 Å². The summed E-state index contributed by atoms with van der Waals surface area (Å²) in [5.74, 6) is 0.488. The number of hydrogen-bond donors (Lipinski definition) is 1. The van der Waals surface area contributed by atoms with Crippen molar-refractivity contribution in [2.75, 3.05) is 13.2 Å². The number of halogens is 1. The molecule has 18 heavy (non-hydrogen) atoms. The van der Waals surface area contributed by atoms with Crippen molar-refractivity contribution in [1.82, 2.24) is 0 Å². The molecule has 0 spiro atoms. The minimum atomic E-state index is -0.246. The van der Waals surface area contributed by atoms with Crippen LogP contribution in [0.5, 0.6) is 5.75 Å². The zero-order valence-corrected chi connectivity index (χ0v) is 10.9. The van der Waals surface area contributed by atoms with Gasteiger partial charge in [-0.2, -0.15) is 0 Å². The van der Waals surface area contributed by atoms with Gasteiger partial charge in [0, 0.05) is 11.3 Å². The lowest BCUT2D eigenvalue weighted by Crippen LogP contribution is -2.07. The van der Waals surface area contributed by atoms with Crippen LogP contribution in [0.3, 0.4) is 0 Å². The van der Waals surface area contributed by atoms with E-state index >= 15 is 0 Å². The fraction of sp³-hybridized carbons (Fsp3) is 0.286. The van der Waals surface area contributed by atoms with E-state index in [2.05, 4.69) is 6.07 Å². The summed E-state index contributed by atoms with van der Waals surface area (Å²) in [6.45, 7) is 1.09. The maximum absolute atomic E-state index is 13.1. The molecule has 0 saturated heterocycles. The second-order valence-electron chi connectivity index (χ2n) is 3.97. The lowest BCUT2D eigenvalue weighted by Gasteiger charge is -2.10. The molecule has 1 heterocycles. The average molecular weight is 265 g/mol. The van der Waals surface area contributed by atoms with E-state index in [9.17, 15) is 4.39 Å². The first-order valence-electron chi connectivity index (χ1n) is 5.93. The predicted octanol–water partition coefficient (Wildman–Crippen LogP) is 3.01. The van der Waals surface area contributed by atoms with Gasteiger partial charge in [-0.05, 0) is 48.2 Å². The first-order valence-corrected chi connectivity index (χ1v) is 6.81. The third kappa shape index (κ3) is 3.55. The molecule has 2 N–H and O–H groups in total. The van der Waals surface area contributed by atoms with Gasteiger partial charge in [0.15, 0.2) is 0 Å². The molecule has 1 aromatic carbocycles. The van der Waals surface area contributed by atoms with Crippen LogP contribution in [-0.2, 0) is 12.8 Å². The minimum Gasteiger partial charge on any atom is -0.493 e. The molecule has 2 rings (SSSR count). The van der Waals surface area contributed by atoms with E-state index in [0.29, 0.717) is 19.6 Å². The Bertz CT molecular complexity index is 485. The Kier molecular flexibility index (Phi) is 4.73. The Morgan fingerprint density at radius 3 is 2.83 bits per heavy atom. The predicted molar refractivity (Wildman–Crippen MR) is 72.7 cm³/mol. The Balaban J connectivity index is 1.95. The Hall–Kier alpha value is -1.39. The fourth-order valence-electron chi connectivity index (χ4n) is 1.76. The highest BCUT2D eigenvalue weighted by atomic mass is 32.1. The highest BCUT2D eigenvalue weighted by molar-refractivity contribution is 7.09. The molecule has 4 heteroatoms. The van der Waals surface area contributed by atoms with Crippen molar-refractivity contribution in [2.45, 2.75) is 12.8 Å². The van der Waals surface area contributed by atoms with Crippen molar-refractivity contribution in [3.05, 3.63) is 52.0 Å². The van der Waals surface area contributed by atoms with Gasteiger partial charge in [-0.15, -0.1) is 11.3 Å².